The fourth-order valence-corrected chi connectivity index (χ4v) is 2.33. The van der Waals surface area contributed by atoms with Crippen molar-refractivity contribution in [3.63, 3.8) is 0 Å². The number of nitriles is 1. The van der Waals surface area contributed by atoms with Crippen molar-refractivity contribution in [3.8, 4) is 23.3 Å². The summed E-state index contributed by atoms with van der Waals surface area (Å²) in [6, 6.07) is 3.07. The van der Waals surface area contributed by atoms with Crippen LogP contribution in [0.2, 0.25) is 0 Å². The molecule has 0 aliphatic heterocycles. The molecule has 8 nitrogen and oxygen atoms in total. The van der Waals surface area contributed by atoms with E-state index in [0.717, 1.165) is 12.8 Å². The second kappa shape index (κ2) is 7.37. The Morgan fingerprint density at radius 3 is 2.75 bits per heavy atom. The van der Waals surface area contributed by atoms with Gasteiger partial charge in [-0.1, -0.05) is 19.8 Å². The van der Waals surface area contributed by atoms with Gasteiger partial charge in [0.1, 0.15) is 17.5 Å². The molecule has 0 fully saturated rings. The van der Waals surface area contributed by atoms with Gasteiger partial charge in [0.2, 0.25) is 5.91 Å². The Morgan fingerprint density at radius 2 is 2.21 bits per heavy atom. The average Bonchev–Trinajstić information content (AvgIpc) is 2.56. The zero-order valence-electron chi connectivity index (χ0n) is 13.1. The summed E-state index contributed by atoms with van der Waals surface area (Å²) < 4.78 is 0. The fourth-order valence-electron chi connectivity index (χ4n) is 2.33. The number of aromatic hydroxyl groups is 1. The van der Waals surface area contributed by atoms with Crippen LogP contribution in [0.5, 0.6) is 5.75 Å². The molecule has 1 atom stereocenters. The minimum Gasteiger partial charge on any atom is -0.505 e. The van der Waals surface area contributed by atoms with Crippen LogP contribution < -0.4 is 11.3 Å². The van der Waals surface area contributed by atoms with E-state index in [2.05, 4.69) is 15.0 Å². The van der Waals surface area contributed by atoms with Crippen LogP contribution in [0, 0.1) is 11.3 Å². The van der Waals surface area contributed by atoms with Crippen LogP contribution in [-0.4, -0.2) is 26.0 Å². The van der Waals surface area contributed by atoms with E-state index in [0.29, 0.717) is 6.42 Å². The van der Waals surface area contributed by atoms with Crippen molar-refractivity contribution in [1.29, 1.82) is 5.26 Å². The third-order valence-electron chi connectivity index (χ3n) is 3.61. The van der Waals surface area contributed by atoms with Crippen LogP contribution in [0.15, 0.2) is 23.3 Å². The molecule has 124 valence electrons. The van der Waals surface area contributed by atoms with Crippen molar-refractivity contribution in [3.05, 3.63) is 39.9 Å². The number of hydrogen-bond donors (Lipinski definition) is 3. The number of carbonyl (C=O) groups is 1. The molecule has 0 aliphatic carbocycles. The first-order valence-corrected chi connectivity index (χ1v) is 7.46. The molecular weight excluding hydrogens is 310 g/mol. The monoisotopic (exact) mass is 327 g/mol. The van der Waals surface area contributed by atoms with Crippen LogP contribution in [0.1, 0.15) is 43.2 Å². The number of hydrogen-bond acceptors (Lipinski definition) is 6. The number of aromatic amines is 1. The van der Waals surface area contributed by atoms with Gasteiger partial charge in [0.25, 0.3) is 5.56 Å². The van der Waals surface area contributed by atoms with Crippen LogP contribution in [0.25, 0.3) is 11.5 Å². The van der Waals surface area contributed by atoms with Crippen molar-refractivity contribution in [2.45, 2.75) is 32.1 Å². The molecule has 0 spiro atoms. The van der Waals surface area contributed by atoms with Gasteiger partial charge < -0.3 is 15.8 Å². The van der Waals surface area contributed by atoms with Crippen molar-refractivity contribution in [2.24, 2.45) is 5.73 Å². The summed E-state index contributed by atoms with van der Waals surface area (Å²) in [5.41, 5.74) is 5.29. The van der Waals surface area contributed by atoms with Gasteiger partial charge in [-0.25, -0.2) is 9.97 Å². The molecule has 8 heteroatoms. The molecule has 1 amide bonds. The van der Waals surface area contributed by atoms with Gasteiger partial charge in [-0.2, -0.15) is 5.26 Å². The predicted octanol–water partition coefficient (Wildman–Crippen LogP) is 1.17. The lowest BCUT2D eigenvalue weighted by atomic mass is 9.95. The van der Waals surface area contributed by atoms with Crippen molar-refractivity contribution < 1.29 is 9.90 Å². The number of nitrogens with two attached hydrogens (primary N) is 1. The number of primary amides is 1. The molecule has 2 aromatic rings. The second-order valence-corrected chi connectivity index (χ2v) is 5.32. The van der Waals surface area contributed by atoms with Gasteiger partial charge in [-0.05, 0) is 6.42 Å². The minimum atomic E-state index is -0.710. The predicted molar refractivity (Wildman–Crippen MR) is 85.9 cm³/mol. The molecule has 0 aliphatic rings. The summed E-state index contributed by atoms with van der Waals surface area (Å²) in [6.45, 7) is 1.98. The maximum Gasteiger partial charge on any atom is 0.255 e. The molecule has 2 rings (SSSR count). The molecule has 0 saturated carbocycles. The molecule has 24 heavy (non-hydrogen) atoms. The number of nitrogens with one attached hydrogen (secondary N) is 1. The van der Waals surface area contributed by atoms with Crippen LogP contribution in [0.4, 0.5) is 0 Å². The van der Waals surface area contributed by atoms with Gasteiger partial charge in [0.05, 0.1) is 11.5 Å². The van der Waals surface area contributed by atoms with Gasteiger partial charge in [0, 0.05) is 24.0 Å². The molecule has 1 unspecified atom stereocenters. The Bertz CT molecular complexity index is 854. The van der Waals surface area contributed by atoms with E-state index in [4.69, 9.17) is 11.0 Å². The number of nitrogens with zero attached hydrogens (tertiary/aromatic N) is 3. The number of amides is 1. The number of rotatable bonds is 6. The topological polar surface area (TPSA) is 146 Å². The summed E-state index contributed by atoms with van der Waals surface area (Å²) in [7, 11) is 0. The third-order valence-corrected chi connectivity index (χ3v) is 3.61. The highest BCUT2D eigenvalue weighted by Crippen LogP contribution is 2.25. The lowest BCUT2D eigenvalue weighted by Crippen LogP contribution is -2.28. The number of carbonyl (C=O) groups excluding carboxylic acids is 1. The van der Waals surface area contributed by atoms with Gasteiger partial charge in [-0.15, -0.1) is 0 Å². The minimum absolute atomic E-state index is 0.0434. The highest BCUT2D eigenvalue weighted by atomic mass is 16.3. The summed E-state index contributed by atoms with van der Waals surface area (Å²) in [5, 5.41) is 18.7. The van der Waals surface area contributed by atoms with Gasteiger partial charge in [0.15, 0.2) is 5.82 Å². The normalized spacial score (nSPS) is 11.7. The van der Waals surface area contributed by atoms with Crippen LogP contribution in [-0.2, 0) is 4.79 Å². The molecule has 4 N–H and O–H groups in total. The first kappa shape index (κ1) is 17.1. The maximum atomic E-state index is 12.3. The number of aromatic nitrogens is 3. The Kier molecular flexibility index (Phi) is 5.27. The number of H-pyrrole nitrogens is 1. The van der Waals surface area contributed by atoms with Crippen molar-refractivity contribution in [1.82, 2.24) is 15.0 Å². The largest absolute Gasteiger partial charge is 0.505 e. The molecule has 0 radical (unpaired) electrons. The summed E-state index contributed by atoms with van der Waals surface area (Å²) in [5.74, 6) is -1.52. The first-order chi connectivity index (χ1) is 11.5. The molecule has 0 bridgehead atoms. The van der Waals surface area contributed by atoms with E-state index in [9.17, 15) is 14.7 Å². The average molecular weight is 327 g/mol. The highest BCUT2D eigenvalue weighted by Gasteiger charge is 2.22. The van der Waals surface area contributed by atoms with Crippen LogP contribution in [0.3, 0.4) is 0 Å². The van der Waals surface area contributed by atoms with E-state index in [-0.39, 0.29) is 28.4 Å². The third kappa shape index (κ3) is 3.57. The Morgan fingerprint density at radius 1 is 1.46 bits per heavy atom. The molecule has 0 aromatic carbocycles. The molecule has 2 heterocycles. The summed E-state index contributed by atoms with van der Waals surface area (Å²) >= 11 is 0. The molecule has 0 saturated heterocycles. The first-order valence-electron chi connectivity index (χ1n) is 7.46. The fraction of sp³-hybridized carbons (Fsp3) is 0.312. The SMILES string of the molecule is CCCCC(C(N)=O)c1cnc(-c2ncc(C#N)cc2O)[nH]c1=O. The van der Waals surface area contributed by atoms with E-state index >= 15 is 0 Å². The molecular formula is C16H17N5O3. The van der Waals surface area contributed by atoms with Gasteiger partial charge in [-0.3, -0.25) is 9.59 Å². The summed E-state index contributed by atoms with van der Waals surface area (Å²) in [6.07, 6.45) is 4.63. The van der Waals surface area contributed by atoms with Gasteiger partial charge >= 0.3 is 0 Å². The Hall–Kier alpha value is -3.21. The lowest BCUT2D eigenvalue weighted by molar-refractivity contribution is -0.119. The van der Waals surface area contributed by atoms with E-state index < -0.39 is 17.4 Å². The van der Waals surface area contributed by atoms with E-state index in [1.54, 1.807) is 0 Å². The molecule has 2 aromatic heterocycles. The summed E-state index contributed by atoms with van der Waals surface area (Å²) in [4.78, 5) is 34.4. The Balaban J connectivity index is 2.41. The van der Waals surface area contributed by atoms with E-state index in [1.165, 1.54) is 18.5 Å². The lowest BCUT2D eigenvalue weighted by Gasteiger charge is -2.12. The van der Waals surface area contributed by atoms with E-state index in [1.807, 2.05) is 13.0 Å². The number of unbranched alkanes of at least 4 members (excludes halogenated alkanes) is 1. The highest BCUT2D eigenvalue weighted by molar-refractivity contribution is 5.81. The number of pyridine rings is 1. The zero-order chi connectivity index (χ0) is 17.7. The van der Waals surface area contributed by atoms with Crippen molar-refractivity contribution in [2.75, 3.05) is 0 Å². The zero-order valence-corrected chi connectivity index (χ0v) is 13.1. The standard InChI is InChI=1S/C16H17N5O3/c1-2-3-4-10(14(18)23)11-8-20-15(21-16(11)24)13-12(22)5-9(6-17)7-19-13/h5,7-8,10,22H,2-4H2,1H3,(H2,18,23)(H,20,21,24). The van der Waals surface area contributed by atoms with Crippen molar-refractivity contribution >= 4 is 5.91 Å². The second-order valence-electron chi connectivity index (χ2n) is 5.32. The quantitative estimate of drug-likeness (QED) is 0.725. The van der Waals surface area contributed by atoms with Crippen LogP contribution >= 0.6 is 0 Å². The Labute approximate surface area is 138 Å². The maximum absolute atomic E-state index is 12.3. The smallest absolute Gasteiger partial charge is 0.255 e.